The average Bonchev–Trinajstić information content (AvgIpc) is 3.47. The summed E-state index contributed by atoms with van der Waals surface area (Å²) in [5.74, 6) is -2.17. The fourth-order valence-corrected chi connectivity index (χ4v) is 6.12. The lowest BCUT2D eigenvalue weighted by Crippen LogP contribution is -2.62. The summed E-state index contributed by atoms with van der Waals surface area (Å²) in [5, 5.41) is 32.5. The van der Waals surface area contributed by atoms with Crippen LogP contribution in [0.3, 0.4) is 0 Å². The standard InChI is InChI=1S/C28H40N4O6.C9H16.C3H5NO3.C3H8/c1-17(25(35)36)14-15-30(7)24(34)21(27(2,3)4)29-23(33)22(32(9)26(37)38)28(5,6)19-16-31(8)20-13-11-10-12-18(19)20;1-9-7-5-3-2-4-6-8-9;5-2-4-1-3(6)7;1-3-2/h10-14,16,21-22H,15H2,1-9H3,(H,29,33)(H,35,36)(H,37,38);2-3,9H,4-8H2,1H3;2H,1H2,(H,4,5)(H,6,7);3H2,1-2H3/b17-14+;3-2+;;. The molecule has 3 rings (SSSR count). The van der Waals surface area contributed by atoms with Crippen molar-refractivity contribution in [2.24, 2.45) is 18.4 Å². The van der Waals surface area contributed by atoms with Crippen molar-refractivity contribution in [3.05, 3.63) is 59.8 Å². The van der Waals surface area contributed by atoms with Crippen molar-refractivity contribution in [2.75, 3.05) is 27.2 Å². The number of amides is 4. The molecule has 0 aliphatic heterocycles. The smallest absolute Gasteiger partial charge is 0.407 e. The number of aromatic nitrogens is 1. The van der Waals surface area contributed by atoms with Crippen molar-refractivity contribution in [3.8, 4) is 0 Å². The van der Waals surface area contributed by atoms with Crippen LogP contribution >= 0.6 is 0 Å². The molecule has 3 atom stereocenters. The third kappa shape index (κ3) is 17.7. The number of aryl methyl sites for hydroxylation is 1. The monoisotopic (exact) mass is 800 g/mol. The SMILES string of the molecule is C/C(=C\CN(C)C(=O)C(NC(=O)C(N(C)C(=O)O)C(C)(C)c1cn(C)c2ccccc12)C(C)(C)C)C(=O)O.CC1CC/C=C/CCC1.CCC.O=CNCC(=O)O. The number of carboxylic acid groups (broad SMARTS) is 3. The number of fused-ring (bicyclic) bond motifs is 1. The molecule has 0 saturated heterocycles. The van der Waals surface area contributed by atoms with Gasteiger partial charge in [-0.1, -0.05) is 105 Å². The van der Waals surface area contributed by atoms with Crippen molar-refractivity contribution < 1.29 is 44.1 Å². The van der Waals surface area contributed by atoms with Crippen LogP contribution in [0.5, 0.6) is 0 Å². The topological polar surface area (TPSA) is 199 Å². The molecule has 14 heteroatoms. The minimum atomic E-state index is -1.27. The maximum absolute atomic E-state index is 13.9. The molecule has 1 aromatic carbocycles. The van der Waals surface area contributed by atoms with Gasteiger partial charge in [-0.15, -0.1) is 0 Å². The van der Waals surface area contributed by atoms with Crippen LogP contribution in [0.2, 0.25) is 0 Å². The van der Waals surface area contributed by atoms with E-state index < -0.39 is 52.8 Å². The molecule has 0 radical (unpaired) electrons. The number of hydrogen-bond acceptors (Lipinski definition) is 6. The number of carbonyl (C=O) groups excluding carboxylic acids is 3. The van der Waals surface area contributed by atoms with E-state index in [4.69, 9.17) is 10.2 Å². The summed E-state index contributed by atoms with van der Waals surface area (Å²) >= 11 is 0. The van der Waals surface area contributed by atoms with Crippen LogP contribution in [0.1, 0.15) is 106 Å². The van der Waals surface area contributed by atoms with Crippen LogP contribution in [-0.4, -0.2) is 105 Å². The highest BCUT2D eigenvalue weighted by molar-refractivity contribution is 5.94. The molecule has 57 heavy (non-hydrogen) atoms. The maximum Gasteiger partial charge on any atom is 0.407 e. The summed E-state index contributed by atoms with van der Waals surface area (Å²) in [5.41, 5.74) is 0.149. The van der Waals surface area contributed by atoms with Crippen molar-refractivity contribution >= 4 is 47.2 Å². The summed E-state index contributed by atoms with van der Waals surface area (Å²) in [4.78, 5) is 71.8. The highest BCUT2D eigenvalue weighted by Crippen LogP contribution is 2.37. The van der Waals surface area contributed by atoms with Crippen molar-refractivity contribution in [2.45, 2.75) is 118 Å². The van der Waals surface area contributed by atoms with Crippen LogP contribution in [0.4, 0.5) is 4.79 Å². The zero-order chi connectivity index (χ0) is 44.1. The third-order valence-corrected chi connectivity index (χ3v) is 9.39. The lowest BCUT2D eigenvalue weighted by atomic mass is 9.76. The Labute approximate surface area is 339 Å². The number of carboxylic acids is 2. The van der Waals surface area contributed by atoms with E-state index in [1.54, 1.807) is 20.8 Å². The number of rotatable bonds is 12. The van der Waals surface area contributed by atoms with Crippen LogP contribution in [-0.2, 0) is 36.4 Å². The molecule has 2 aromatic rings. The van der Waals surface area contributed by atoms with Gasteiger partial charge in [-0.05, 0) is 55.6 Å². The Hall–Kier alpha value is -5.14. The Morgan fingerprint density at radius 2 is 1.54 bits per heavy atom. The first-order chi connectivity index (χ1) is 26.5. The first kappa shape index (κ1) is 51.9. The third-order valence-electron chi connectivity index (χ3n) is 9.39. The number of nitrogens with one attached hydrogen (secondary N) is 2. The molecule has 14 nitrogen and oxygen atoms in total. The number of allylic oxidation sites excluding steroid dienone is 2. The predicted molar refractivity (Wildman–Crippen MR) is 225 cm³/mol. The Balaban J connectivity index is 0.00000134. The van der Waals surface area contributed by atoms with Gasteiger partial charge < -0.3 is 35.4 Å². The number of nitrogens with zero attached hydrogens (tertiary/aromatic N) is 3. The Morgan fingerprint density at radius 3 is 2.05 bits per heavy atom. The molecule has 0 fully saturated rings. The summed E-state index contributed by atoms with van der Waals surface area (Å²) in [6.45, 7) is 16.8. The Kier molecular flexibility index (Phi) is 22.9. The second-order valence-corrected chi connectivity index (χ2v) is 16.1. The van der Waals surface area contributed by atoms with E-state index in [1.807, 2.05) is 61.2 Å². The quantitative estimate of drug-likeness (QED) is 0.0868. The summed E-state index contributed by atoms with van der Waals surface area (Å²) in [6, 6.07) is 5.54. The second-order valence-electron chi connectivity index (χ2n) is 16.1. The minimum Gasteiger partial charge on any atom is -0.480 e. The van der Waals surface area contributed by atoms with E-state index in [9.17, 15) is 33.9 Å². The van der Waals surface area contributed by atoms with Crippen LogP contribution in [0, 0.1) is 11.3 Å². The summed E-state index contributed by atoms with van der Waals surface area (Å²) in [7, 11) is 4.77. The Bertz CT molecular complexity index is 1670. The number of likely N-dealkylation sites (N-methyl/N-ethyl adjacent to an activating group) is 2. The van der Waals surface area contributed by atoms with Gasteiger partial charge in [0.25, 0.3) is 0 Å². The van der Waals surface area contributed by atoms with Gasteiger partial charge in [-0.25, -0.2) is 9.59 Å². The molecule has 1 heterocycles. The molecule has 0 saturated carbocycles. The van der Waals surface area contributed by atoms with E-state index >= 15 is 0 Å². The molecule has 4 amide bonds. The van der Waals surface area contributed by atoms with Gasteiger partial charge in [0, 0.05) is 55.8 Å². The van der Waals surface area contributed by atoms with E-state index in [0.29, 0.717) is 6.41 Å². The second kappa shape index (κ2) is 25.2. The highest BCUT2D eigenvalue weighted by atomic mass is 16.4. The van der Waals surface area contributed by atoms with Gasteiger partial charge in [0.1, 0.15) is 18.6 Å². The van der Waals surface area contributed by atoms with E-state index in [0.717, 1.165) is 27.3 Å². The molecule has 3 unspecified atom stereocenters. The van der Waals surface area contributed by atoms with Gasteiger partial charge >= 0.3 is 18.0 Å². The number of carbonyl (C=O) groups is 6. The van der Waals surface area contributed by atoms with E-state index in [-0.39, 0.29) is 18.7 Å². The van der Waals surface area contributed by atoms with Crippen LogP contribution in [0.15, 0.2) is 54.3 Å². The van der Waals surface area contributed by atoms with Gasteiger partial charge in [0.05, 0.1) is 0 Å². The molecule has 320 valence electrons. The molecule has 0 spiro atoms. The predicted octanol–water partition coefficient (Wildman–Crippen LogP) is 6.83. The molecule has 1 aliphatic rings. The number of hydrogen-bond donors (Lipinski definition) is 5. The van der Waals surface area contributed by atoms with Crippen LogP contribution < -0.4 is 10.6 Å². The fraction of sp³-hybridized carbons (Fsp3) is 0.581. The van der Waals surface area contributed by atoms with E-state index in [1.165, 1.54) is 70.5 Å². The van der Waals surface area contributed by atoms with Crippen LogP contribution in [0.25, 0.3) is 10.9 Å². The lowest BCUT2D eigenvalue weighted by Gasteiger charge is -2.40. The van der Waals surface area contributed by atoms with Crippen molar-refractivity contribution in [1.29, 1.82) is 0 Å². The molecular weight excluding hydrogens is 730 g/mol. The van der Waals surface area contributed by atoms with E-state index in [2.05, 4.69) is 38.2 Å². The minimum absolute atomic E-state index is 0.0410. The van der Waals surface area contributed by atoms with Gasteiger partial charge in [0.15, 0.2) is 0 Å². The number of para-hydroxylation sites is 1. The maximum atomic E-state index is 13.9. The van der Waals surface area contributed by atoms with Gasteiger partial charge in [-0.2, -0.15) is 0 Å². The fourth-order valence-electron chi connectivity index (χ4n) is 6.12. The molecule has 0 bridgehead atoms. The summed E-state index contributed by atoms with van der Waals surface area (Å²) < 4.78 is 1.94. The van der Waals surface area contributed by atoms with Gasteiger partial charge in [0.2, 0.25) is 18.2 Å². The van der Waals surface area contributed by atoms with Crippen molar-refractivity contribution in [1.82, 2.24) is 25.0 Å². The highest BCUT2D eigenvalue weighted by Gasteiger charge is 2.45. The number of aliphatic carboxylic acids is 2. The molecular formula is C43H69N5O9. The largest absolute Gasteiger partial charge is 0.480 e. The zero-order valence-corrected chi connectivity index (χ0v) is 36.2. The zero-order valence-electron chi connectivity index (χ0n) is 36.2. The first-order valence-electron chi connectivity index (χ1n) is 19.5. The molecule has 5 N–H and O–H groups in total. The lowest BCUT2D eigenvalue weighted by molar-refractivity contribution is -0.140. The molecule has 1 aromatic heterocycles. The molecule has 1 aliphatic carbocycles. The summed E-state index contributed by atoms with van der Waals surface area (Å²) in [6.07, 6.45) is 15.1. The van der Waals surface area contributed by atoms with Gasteiger partial charge in [-0.3, -0.25) is 24.1 Å². The Morgan fingerprint density at radius 1 is 0.965 bits per heavy atom. The van der Waals surface area contributed by atoms with Crippen molar-refractivity contribution in [3.63, 3.8) is 0 Å². The number of benzene rings is 1. The average molecular weight is 800 g/mol. The normalized spacial score (nSPS) is 15.8. The first-order valence-corrected chi connectivity index (χ1v) is 19.5.